The molecule has 0 aliphatic carbocycles. The van der Waals surface area contributed by atoms with Crippen LogP contribution in [-0.2, 0) is 0 Å². The van der Waals surface area contributed by atoms with Gasteiger partial charge in [0.2, 0.25) is 5.95 Å². The van der Waals surface area contributed by atoms with Crippen molar-refractivity contribution in [3.63, 3.8) is 0 Å². The van der Waals surface area contributed by atoms with Crippen molar-refractivity contribution in [1.82, 2.24) is 9.97 Å². The molecule has 0 bridgehead atoms. The summed E-state index contributed by atoms with van der Waals surface area (Å²) in [6.07, 6.45) is 1.41. The van der Waals surface area contributed by atoms with Gasteiger partial charge in [-0.2, -0.15) is 10.4 Å². The summed E-state index contributed by atoms with van der Waals surface area (Å²) in [6, 6.07) is 15.5. The van der Waals surface area contributed by atoms with E-state index in [0.717, 1.165) is 0 Å². The Morgan fingerprint density at radius 3 is 2.69 bits per heavy atom. The van der Waals surface area contributed by atoms with Gasteiger partial charge in [-0.25, -0.2) is 10.4 Å². The van der Waals surface area contributed by atoms with Gasteiger partial charge in [-0.1, -0.05) is 30.3 Å². The lowest BCUT2D eigenvalue weighted by Crippen LogP contribution is -2.31. The lowest BCUT2D eigenvalue weighted by molar-refractivity contribution is 0.403. The zero-order valence-corrected chi connectivity index (χ0v) is 15.3. The number of nitrogens with one attached hydrogen (secondary N) is 2. The Hall–Kier alpha value is -3.94. The lowest BCUT2D eigenvalue weighted by Gasteiger charge is -2.08. The average Bonchev–Trinajstić information content (AvgIpc) is 2.74. The van der Waals surface area contributed by atoms with Gasteiger partial charge >= 0.3 is 7.12 Å². The van der Waals surface area contributed by atoms with Crippen molar-refractivity contribution in [1.29, 1.82) is 5.26 Å². The predicted molar refractivity (Wildman–Crippen MR) is 109 cm³/mol. The summed E-state index contributed by atoms with van der Waals surface area (Å²) in [5.74, 6) is 0.385. The topological polar surface area (TPSA) is 144 Å². The summed E-state index contributed by atoms with van der Waals surface area (Å²) < 4.78 is 5.07. The number of hydrazone groups is 1. The second-order valence-corrected chi connectivity index (χ2v) is 5.86. The minimum absolute atomic E-state index is 0.0556. The molecule has 0 fully saturated rings. The number of methoxy groups -OCH3 is 1. The molecular weight excluding hydrogens is 373 g/mol. The van der Waals surface area contributed by atoms with Gasteiger partial charge in [0.25, 0.3) is 5.56 Å². The fraction of sp³-hybridized carbons (Fsp3) is 0.0526. The highest BCUT2D eigenvalue weighted by Gasteiger charge is 2.17. The third-order valence-electron chi connectivity index (χ3n) is 3.99. The van der Waals surface area contributed by atoms with Crippen molar-refractivity contribution in [2.45, 2.75) is 0 Å². The molecular formula is C19H16BN5O4. The monoisotopic (exact) mass is 389 g/mol. The standard InChI is InChI=1S/C19H16BN5O4/c1-29-16-8-7-12(9-15(16)20(27)28)11-22-25-19-23-17(13-5-3-2-4-6-13)14(10-21)18(26)24-19/h2-9,11,27-28H,1H3,(H2,23,24,25,26). The van der Waals surface area contributed by atoms with E-state index in [1.807, 2.05) is 12.1 Å². The Bertz CT molecular complexity index is 1140. The number of H-pyrrole nitrogens is 1. The summed E-state index contributed by atoms with van der Waals surface area (Å²) in [4.78, 5) is 18.9. The zero-order valence-electron chi connectivity index (χ0n) is 15.3. The molecule has 3 rings (SSSR count). The van der Waals surface area contributed by atoms with Crippen LogP contribution in [0.25, 0.3) is 11.3 Å². The number of hydrogen-bond donors (Lipinski definition) is 4. The van der Waals surface area contributed by atoms with Crippen molar-refractivity contribution >= 4 is 24.7 Å². The van der Waals surface area contributed by atoms with Crippen LogP contribution in [0.3, 0.4) is 0 Å². The number of rotatable bonds is 6. The molecule has 0 saturated heterocycles. The van der Waals surface area contributed by atoms with Crippen LogP contribution in [0.15, 0.2) is 58.4 Å². The third-order valence-corrected chi connectivity index (χ3v) is 3.99. The molecule has 0 spiro atoms. The van der Waals surface area contributed by atoms with Crippen LogP contribution in [0.4, 0.5) is 5.95 Å². The van der Waals surface area contributed by atoms with Crippen molar-refractivity contribution < 1.29 is 14.8 Å². The first-order chi connectivity index (χ1) is 14.0. The van der Waals surface area contributed by atoms with E-state index >= 15 is 0 Å². The van der Waals surface area contributed by atoms with E-state index in [2.05, 4.69) is 20.5 Å². The molecule has 2 aromatic carbocycles. The maximum Gasteiger partial charge on any atom is 0.492 e. The average molecular weight is 389 g/mol. The Labute approximate surface area is 166 Å². The van der Waals surface area contributed by atoms with Crippen LogP contribution in [0.2, 0.25) is 0 Å². The highest BCUT2D eigenvalue weighted by atomic mass is 16.5. The van der Waals surface area contributed by atoms with E-state index in [1.54, 1.807) is 36.4 Å². The molecule has 0 aliphatic heterocycles. The number of aromatic amines is 1. The molecule has 0 radical (unpaired) electrons. The van der Waals surface area contributed by atoms with Crippen molar-refractivity contribution in [2.75, 3.05) is 12.5 Å². The van der Waals surface area contributed by atoms with Gasteiger partial charge in [0, 0.05) is 11.0 Å². The van der Waals surface area contributed by atoms with Crippen LogP contribution in [0, 0.1) is 11.3 Å². The van der Waals surface area contributed by atoms with Crippen LogP contribution < -0.4 is 21.2 Å². The Kier molecular flexibility index (Phi) is 6.04. The molecule has 0 amide bonds. The molecule has 3 aromatic rings. The number of anilines is 1. The normalized spacial score (nSPS) is 10.6. The van der Waals surface area contributed by atoms with E-state index in [9.17, 15) is 20.1 Å². The minimum atomic E-state index is -1.70. The fourth-order valence-corrected chi connectivity index (χ4v) is 2.64. The molecule has 9 nitrogen and oxygen atoms in total. The van der Waals surface area contributed by atoms with Crippen LogP contribution in [-0.4, -0.2) is 40.5 Å². The van der Waals surface area contributed by atoms with E-state index in [4.69, 9.17) is 4.74 Å². The van der Waals surface area contributed by atoms with Crippen molar-refractivity contribution in [2.24, 2.45) is 5.10 Å². The number of ether oxygens (including phenoxy) is 1. The second kappa shape index (κ2) is 8.84. The van der Waals surface area contributed by atoms with E-state index in [1.165, 1.54) is 19.4 Å². The number of benzene rings is 2. The highest BCUT2D eigenvalue weighted by molar-refractivity contribution is 6.59. The Balaban J connectivity index is 1.88. The summed E-state index contributed by atoms with van der Waals surface area (Å²) in [7, 11) is -0.274. The molecule has 0 saturated carbocycles. The van der Waals surface area contributed by atoms with Gasteiger partial charge in [0.15, 0.2) is 0 Å². The Morgan fingerprint density at radius 2 is 2.03 bits per heavy atom. The molecule has 0 unspecified atom stereocenters. The third kappa shape index (κ3) is 4.49. The number of nitrogens with zero attached hydrogens (tertiary/aromatic N) is 3. The van der Waals surface area contributed by atoms with Gasteiger partial charge in [-0.05, 0) is 23.8 Å². The largest absolute Gasteiger partial charge is 0.497 e. The maximum absolute atomic E-state index is 12.2. The van der Waals surface area contributed by atoms with Crippen LogP contribution in [0.1, 0.15) is 11.1 Å². The summed E-state index contributed by atoms with van der Waals surface area (Å²) in [6.45, 7) is 0. The molecule has 0 aliphatic rings. The van der Waals surface area contributed by atoms with Gasteiger partial charge in [-0.3, -0.25) is 9.78 Å². The van der Waals surface area contributed by atoms with Crippen molar-refractivity contribution in [3.8, 4) is 23.1 Å². The van der Waals surface area contributed by atoms with E-state index in [-0.39, 0.29) is 22.7 Å². The summed E-state index contributed by atoms with van der Waals surface area (Å²) in [5, 5.41) is 32.1. The fourth-order valence-electron chi connectivity index (χ4n) is 2.64. The quantitative estimate of drug-likeness (QED) is 0.272. The summed E-state index contributed by atoms with van der Waals surface area (Å²) >= 11 is 0. The van der Waals surface area contributed by atoms with Gasteiger partial charge in [0.05, 0.1) is 19.0 Å². The lowest BCUT2D eigenvalue weighted by atomic mass is 9.79. The van der Waals surface area contributed by atoms with Gasteiger partial charge < -0.3 is 14.8 Å². The number of aromatic nitrogens is 2. The van der Waals surface area contributed by atoms with E-state index < -0.39 is 12.7 Å². The smallest absolute Gasteiger partial charge is 0.492 e. The SMILES string of the molecule is COc1ccc(C=NNc2nc(-c3ccccc3)c(C#N)c(=O)[nH]2)cc1B(O)O. The Morgan fingerprint density at radius 1 is 1.28 bits per heavy atom. The molecule has 144 valence electrons. The molecule has 29 heavy (non-hydrogen) atoms. The van der Waals surface area contributed by atoms with Crippen molar-refractivity contribution in [3.05, 3.63) is 70.0 Å². The molecule has 10 heteroatoms. The number of nitriles is 1. The predicted octanol–water partition coefficient (Wildman–Crippen LogP) is 0.443. The van der Waals surface area contributed by atoms with Crippen LogP contribution in [0.5, 0.6) is 5.75 Å². The summed E-state index contributed by atoms with van der Waals surface area (Å²) in [5.41, 5.74) is 3.53. The van der Waals surface area contributed by atoms with E-state index in [0.29, 0.717) is 16.9 Å². The maximum atomic E-state index is 12.2. The molecule has 4 N–H and O–H groups in total. The number of hydrogen-bond acceptors (Lipinski definition) is 8. The first-order valence-corrected chi connectivity index (χ1v) is 8.46. The molecule has 1 aromatic heterocycles. The highest BCUT2D eigenvalue weighted by Crippen LogP contribution is 2.19. The van der Waals surface area contributed by atoms with Crippen LogP contribution >= 0.6 is 0 Å². The minimum Gasteiger partial charge on any atom is -0.497 e. The first kappa shape index (κ1) is 19.8. The second-order valence-electron chi connectivity index (χ2n) is 5.86. The molecule has 0 atom stereocenters. The van der Waals surface area contributed by atoms with Gasteiger partial charge in [-0.15, -0.1) is 0 Å². The zero-order chi connectivity index (χ0) is 20.8. The molecule has 1 heterocycles. The first-order valence-electron chi connectivity index (χ1n) is 8.46. The van der Waals surface area contributed by atoms with Gasteiger partial charge in [0.1, 0.15) is 17.4 Å².